The van der Waals surface area contributed by atoms with Crippen molar-refractivity contribution in [2.75, 3.05) is 0 Å². The summed E-state index contributed by atoms with van der Waals surface area (Å²) >= 11 is 0. The van der Waals surface area contributed by atoms with Gasteiger partial charge in [0.25, 0.3) is 5.69 Å². The van der Waals surface area contributed by atoms with E-state index in [1.54, 1.807) is 24.6 Å². The standard InChI is InChI=1S/C16H12N4O2/c21-20(22)14-7-5-12(6-8-14)9-18-19-11-13-10-17-16-4-2-1-3-15(13)16/h1-11,17H. The second-order valence-corrected chi connectivity index (χ2v) is 4.63. The van der Waals surface area contributed by atoms with Crippen LogP contribution in [0.15, 0.2) is 64.9 Å². The zero-order valence-electron chi connectivity index (χ0n) is 11.5. The second kappa shape index (κ2) is 6.01. The van der Waals surface area contributed by atoms with Gasteiger partial charge in [-0.25, -0.2) is 0 Å². The van der Waals surface area contributed by atoms with Crippen LogP contribution in [-0.2, 0) is 0 Å². The molecular weight excluding hydrogens is 280 g/mol. The number of nitrogens with one attached hydrogen (secondary N) is 1. The number of hydrogen-bond acceptors (Lipinski definition) is 4. The van der Waals surface area contributed by atoms with E-state index in [1.807, 2.05) is 30.5 Å². The lowest BCUT2D eigenvalue weighted by atomic mass is 10.2. The Kier molecular flexibility index (Phi) is 3.74. The van der Waals surface area contributed by atoms with E-state index in [4.69, 9.17) is 0 Å². The van der Waals surface area contributed by atoms with E-state index >= 15 is 0 Å². The van der Waals surface area contributed by atoms with Crippen LogP contribution in [0.1, 0.15) is 11.1 Å². The Morgan fingerprint density at radius 1 is 1.00 bits per heavy atom. The van der Waals surface area contributed by atoms with Crippen LogP contribution in [0, 0.1) is 10.1 Å². The maximum Gasteiger partial charge on any atom is 0.269 e. The summed E-state index contributed by atoms with van der Waals surface area (Å²) in [6.07, 6.45) is 5.09. The van der Waals surface area contributed by atoms with Crippen LogP contribution in [0.2, 0.25) is 0 Å². The molecule has 0 radical (unpaired) electrons. The lowest BCUT2D eigenvalue weighted by Gasteiger charge is -1.92. The number of nitrogens with zero attached hydrogens (tertiary/aromatic N) is 3. The number of hydrogen-bond donors (Lipinski definition) is 1. The van der Waals surface area contributed by atoms with E-state index in [-0.39, 0.29) is 5.69 Å². The Morgan fingerprint density at radius 2 is 1.73 bits per heavy atom. The quantitative estimate of drug-likeness (QED) is 0.453. The summed E-state index contributed by atoms with van der Waals surface area (Å²) in [6.45, 7) is 0. The lowest BCUT2D eigenvalue weighted by molar-refractivity contribution is -0.384. The van der Waals surface area contributed by atoms with Crippen LogP contribution < -0.4 is 0 Å². The monoisotopic (exact) mass is 292 g/mol. The van der Waals surface area contributed by atoms with Gasteiger partial charge in [-0.1, -0.05) is 18.2 Å². The maximum absolute atomic E-state index is 10.6. The van der Waals surface area contributed by atoms with Gasteiger partial charge in [-0.2, -0.15) is 10.2 Å². The van der Waals surface area contributed by atoms with Gasteiger partial charge in [-0.3, -0.25) is 10.1 Å². The van der Waals surface area contributed by atoms with Crippen LogP contribution in [0.5, 0.6) is 0 Å². The van der Waals surface area contributed by atoms with Crippen molar-refractivity contribution < 1.29 is 4.92 Å². The Labute approximate surface area is 126 Å². The molecule has 3 aromatic rings. The molecule has 3 rings (SSSR count). The number of nitro groups is 1. The van der Waals surface area contributed by atoms with Crippen molar-refractivity contribution in [3.05, 3.63) is 76.0 Å². The van der Waals surface area contributed by atoms with E-state index in [0.29, 0.717) is 0 Å². The van der Waals surface area contributed by atoms with E-state index < -0.39 is 4.92 Å². The zero-order chi connectivity index (χ0) is 15.4. The molecule has 0 amide bonds. The molecule has 0 unspecified atom stereocenters. The largest absolute Gasteiger partial charge is 0.361 e. The fraction of sp³-hybridized carbons (Fsp3) is 0. The minimum absolute atomic E-state index is 0.0550. The number of aromatic amines is 1. The topological polar surface area (TPSA) is 83.7 Å². The predicted molar refractivity (Wildman–Crippen MR) is 86.6 cm³/mol. The van der Waals surface area contributed by atoms with Crippen molar-refractivity contribution >= 4 is 29.0 Å². The third-order valence-electron chi connectivity index (χ3n) is 3.20. The summed E-state index contributed by atoms with van der Waals surface area (Å²) in [7, 11) is 0. The van der Waals surface area contributed by atoms with Gasteiger partial charge in [-0.15, -0.1) is 0 Å². The third-order valence-corrected chi connectivity index (χ3v) is 3.20. The number of non-ortho nitro benzene ring substituents is 1. The number of nitro benzene ring substituents is 1. The number of benzene rings is 2. The molecule has 0 atom stereocenters. The summed E-state index contributed by atoms with van der Waals surface area (Å²) < 4.78 is 0. The van der Waals surface area contributed by atoms with Crippen molar-refractivity contribution in [1.29, 1.82) is 0 Å². The molecule has 0 aliphatic heterocycles. The van der Waals surface area contributed by atoms with Crippen molar-refractivity contribution in [2.24, 2.45) is 10.2 Å². The molecular formula is C16H12N4O2. The molecule has 0 saturated heterocycles. The van der Waals surface area contributed by atoms with Crippen LogP contribution >= 0.6 is 0 Å². The molecule has 0 aliphatic rings. The molecule has 6 nitrogen and oxygen atoms in total. The maximum atomic E-state index is 10.6. The molecule has 0 aliphatic carbocycles. The number of para-hydroxylation sites is 1. The average Bonchev–Trinajstić information content (AvgIpc) is 2.95. The molecule has 2 aromatic carbocycles. The molecule has 6 heteroatoms. The fourth-order valence-electron chi connectivity index (χ4n) is 2.08. The molecule has 1 N–H and O–H groups in total. The molecule has 0 bridgehead atoms. The molecule has 108 valence electrons. The van der Waals surface area contributed by atoms with Crippen LogP contribution in [0.3, 0.4) is 0 Å². The van der Waals surface area contributed by atoms with Gasteiger partial charge < -0.3 is 4.98 Å². The SMILES string of the molecule is O=[N+]([O-])c1ccc(C=NN=Cc2c[nH]c3ccccc23)cc1. The number of rotatable bonds is 4. The van der Waals surface area contributed by atoms with Gasteiger partial charge >= 0.3 is 0 Å². The van der Waals surface area contributed by atoms with Crippen LogP contribution in [0.25, 0.3) is 10.9 Å². The highest BCUT2D eigenvalue weighted by atomic mass is 16.6. The average molecular weight is 292 g/mol. The lowest BCUT2D eigenvalue weighted by Crippen LogP contribution is -1.88. The van der Waals surface area contributed by atoms with Gasteiger partial charge in [0.1, 0.15) is 0 Å². The Bertz CT molecular complexity index is 863. The number of H-pyrrole nitrogens is 1. The summed E-state index contributed by atoms with van der Waals surface area (Å²) in [4.78, 5) is 13.3. The normalized spacial score (nSPS) is 11.6. The summed E-state index contributed by atoms with van der Waals surface area (Å²) in [5.74, 6) is 0. The van der Waals surface area contributed by atoms with E-state index in [0.717, 1.165) is 22.0 Å². The molecule has 1 aromatic heterocycles. The summed E-state index contributed by atoms with van der Waals surface area (Å²) in [5, 5.41) is 19.6. The fourth-order valence-corrected chi connectivity index (χ4v) is 2.08. The number of fused-ring (bicyclic) bond motifs is 1. The van der Waals surface area contributed by atoms with Crippen molar-refractivity contribution in [2.45, 2.75) is 0 Å². The smallest absolute Gasteiger partial charge is 0.269 e. The molecule has 1 heterocycles. The first-order chi connectivity index (χ1) is 10.7. The number of aromatic nitrogens is 1. The molecule has 0 fully saturated rings. The first-order valence-corrected chi connectivity index (χ1v) is 6.61. The van der Waals surface area contributed by atoms with E-state index in [2.05, 4.69) is 15.2 Å². The highest BCUT2D eigenvalue weighted by Crippen LogP contribution is 2.15. The summed E-state index contributed by atoms with van der Waals surface area (Å²) in [6, 6.07) is 14.1. The first kappa shape index (κ1) is 13.7. The van der Waals surface area contributed by atoms with E-state index in [1.165, 1.54) is 12.1 Å². The van der Waals surface area contributed by atoms with Gasteiger partial charge in [-0.05, 0) is 23.8 Å². The first-order valence-electron chi connectivity index (χ1n) is 6.61. The Morgan fingerprint density at radius 3 is 2.50 bits per heavy atom. The van der Waals surface area contributed by atoms with Gasteiger partial charge in [0.05, 0.1) is 17.4 Å². The van der Waals surface area contributed by atoms with Crippen molar-refractivity contribution in [1.82, 2.24) is 4.98 Å². The predicted octanol–water partition coefficient (Wildman–Crippen LogP) is 3.53. The Hall–Kier alpha value is -3.28. The zero-order valence-corrected chi connectivity index (χ0v) is 11.5. The molecule has 0 spiro atoms. The van der Waals surface area contributed by atoms with Crippen LogP contribution in [0.4, 0.5) is 5.69 Å². The summed E-state index contributed by atoms with van der Waals surface area (Å²) in [5.41, 5.74) is 2.81. The van der Waals surface area contributed by atoms with E-state index in [9.17, 15) is 10.1 Å². The minimum Gasteiger partial charge on any atom is -0.361 e. The molecule has 22 heavy (non-hydrogen) atoms. The third kappa shape index (κ3) is 2.90. The van der Waals surface area contributed by atoms with Crippen molar-refractivity contribution in [3.8, 4) is 0 Å². The second-order valence-electron chi connectivity index (χ2n) is 4.63. The highest BCUT2D eigenvalue weighted by Gasteiger charge is 2.02. The van der Waals surface area contributed by atoms with Gasteiger partial charge in [0.15, 0.2) is 0 Å². The van der Waals surface area contributed by atoms with Crippen LogP contribution in [-0.4, -0.2) is 22.3 Å². The Balaban J connectivity index is 1.72. The minimum atomic E-state index is -0.434. The molecule has 0 saturated carbocycles. The van der Waals surface area contributed by atoms with Gasteiger partial charge in [0, 0.05) is 34.8 Å². The van der Waals surface area contributed by atoms with Gasteiger partial charge in [0.2, 0.25) is 0 Å². The highest BCUT2D eigenvalue weighted by molar-refractivity contribution is 5.99. The van der Waals surface area contributed by atoms with Crippen molar-refractivity contribution in [3.63, 3.8) is 0 Å².